The van der Waals surface area contributed by atoms with Gasteiger partial charge in [0, 0.05) is 79.1 Å². The summed E-state index contributed by atoms with van der Waals surface area (Å²) in [6.07, 6.45) is 0. The molecule has 2 aliphatic carbocycles. The molecule has 0 aliphatic heterocycles. The van der Waals surface area contributed by atoms with Crippen molar-refractivity contribution in [3.63, 3.8) is 0 Å². The molecule has 6 nitrogen and oxygen atoms in total. The van der Waals surface area contributed by atoms with Crippen molar-refractivity contribution >= 4 is 117 Å². The zero-order valence-corrected chi connectivity index (χ0v) is 68.2. The number of thiophene rings is 2. The number of rotatable bonds is 10. The van der Waals surface area contributed by atoms with E-state index in [0.717, 1.165) is 49.7 Å². The van der Waals surface area contributed by atoms with Gasteiger partial charge in [-0.2, -0.15) is 0 Å². The fraction of sp³-hybridized carbons (Fsp3) is 0.0351. The lowest BCUT2D eigenvalue weighted by atomic mass is 9.67. The number of aromatic nitrogens is 6. The Morgan fingerprint density at radius 2 is 0.541 bits per heavy atom. The third-order valence-electron chi connectivity index (χ3n) is 25.5. The molecule has 570 valence electrons. The average Bonchev–Trinajstić information content (AvgIpc) is 1.54. The van der Waals surface area contributed by atoms with E-state index in [2.05, 4.69) is 378 Å². The van der Waals surface area contributed by atoms with Gasteiger partial charge in [-0.05, 0) is 180 Å². The summed E-state index contributed by atoms with van der Waals surface area (Å²) in [5, 5.41) is 17.8. The highest BCUT2D eigenvalue weighted by atomic mass is 32.1. The predicted octanol–water partition coefficient (Wildman–Crippen LogP) is 30.3. The number of benzene rings is 19. The summed E-state index contributed by atoms with van der Waals surface area (Å²) in [6, 6.07) is 145. The molecule has 4 aromatic heterocycles. The van der Waals surface area contributed by atoms with Crippen LogP contribution >= 0.6 is 22.7 Å². The van der Waals surface area contributed by atoms with E-state index in [4.69, 9.17) is 29.9 Å². The molecule has 23 aromatic rings. The molecule has 0 unspecified atom stereocenters. The molecule has 0 spiro atoms. The van der Waals surface area contributed by atoms with Crippen LogP contribution in [0, 0.1) is 0 Å². The topological polar surface area (TPSA) is 77.3 Å². The van der Waals surface area contributed by atoms with Gasteiger partial charge < -0.3 is 0 Å². The quantitative estimate of drug-likeness (QED) is 0.127. The van der Waals surface area contributed by atoms with Crippen molar-refractivity contribution in [3.05, 3.63) is 434 Å². The van der Waals surface area contributed by atoms with Gasteiger partial charge in [-0.25, -0.2) is 29.9 Å². The molecule has 122 heavy (non-hydrogen) atoms. The standard InChI is InChI=1S/C60H37N3S.C54H35N3S/c1-3-13-40(14-4-1)57-61-58(41-26-23-38(24-27-41)43-31-35-47-44(37-43)28-25-39-32-36-54-56(55(39)47)50-19-9-12-22-53(50)64-54)63-59(62-57)42-29-33-46(34-30-42)60(45-15-5-2-6-16-45)51-20-10-7-17-48(51)49-18-8-11-21-52(49)60;1-54(2)45-18-10-8-16-41(45)42-26-23-36(31-46(42)54)52-55-51(33-12-4-3-5-13-33)56-53(57-52)43-28-27-37(39-14-6-7-15-40(39)43)34-22-25-38-35(30-34)21-20-32-24-29-48-50(49(32)38)44-17-9-11-19-47(44)58-48/h1-37H;3-31H,1-2H3. The lowest BCUT2D eigenvalue weighted by Crippen LogP contribution is -2.28. The molecule has 0 radical (unpaired) electrons. The highest BCUT2D eigenvalue weighted by molar-refractivity contribution is 7.26. The maximum Gasteiger partial charge on any atom is 0.164 e. The largest absolute Gasteiger partial charge is 0.208 e. The fourth-order valence-electron chi connectivity index (χ4n) is 19.8. The molecule has 0 saturated carbocycles. The van der Waals surface area contributed by atoms with E-state index >= 15 is 0 Å². The average molecular weight is 1590 g/mol. The van der Waals surface area contributed by atoms with Crippen LogP contribution in [0.1, 0.15) is 47.2 Å². The second kappa shape index (κ2) is 28.3. The zero-order valence-electron chi connectivity index (χ0n) is 66.6. The smallest absolute Gasteiger partial charge is 0.164 e. The van der Waals surface area contributed by atoms with Crippen molar-refractivity contribution in [3.8, 4) is 113 Å². The molecule has 19 aromatic carbocycles. The van der Waals surface area contributed by atoms with Crippen LogP contribution in [-0.4, -0.2) is 29.9 Å². The lowest BCUT2D eigenvalue weighted by Gasteiger charge is -2.34. The lowest BCUT2D eigenvalue weighted by molar-refractivity contribution is 0.660. The van der Waals surface area contributed by atoms with Crippen molar-refractivity contribution < 1.29 is 0 Å². The van der Waals surface area contributed by atoms with Gasteiger partial charge in [-0.15, -0.1) is 22.7 Å². The molecule has 0 bridgehead atoms. The van der Waals surface area contributed by atoms with Crippen LogP contribution in [0.25, 0.3) is 207 Å². The van der Waals surface area contributed by atoms with E-state index in [-0.39, 0.29) is 5.41 Å². The van der Waals surface area contributed by atoms with E-state index in [9.17, 15) is 0 Å². The van der Waals surface area contributed by atoms with Crippen LogP contribution in [0.2, 0.25) is 0 Å². The van der Waals surface area contributed by atoms with E-state index in [1.54, 1.807) is 0 Å². The van der Waals surface area contributed by atoms with Gasteiger partial charge >= 0.3 is 0 Å². The Morgan fingerprint density at radius 1 is 0.189 bits per heavy atom. The first kappa shape index (κ1) is 71.1. The van der Waals surface area contributed by atoms with Gasteiger partial charge in [0.1, 0.15) is 0 Å². The molecule has 8 heteroatoms. The summed E-state index contributed by atoms with van der Waals surface area (Å²) in [5.41, 5.74) is 22.6. The monoisotopic (exact) mass is 1590 g/mol. The van der Waals surface area contributed by atoms with Crippen molar-refractivity contribution in [2.75, 3.05) is 0 Å². The van der Waals surface area contributed by atoms with Crippen molar-refractivity contribution in [1.29, 1.82) is 0 Å². The normalized spacial score (nSPS) is 13.0. The maximum atomic E-state index is 5.26. The highest BCUT2D eigenvalue weighted by Gasteiger charge is 2.46. The first-order valence-corrected chi connectivity index (χ1v) is 43.2. The van der Waals surface area contributed by atoms with Crippen LogP contribution in [0.4, 0.5) is 0 Å². The number of hydrogen-bond donors (Lipinski definition) is 0. The van der Waals surface area contributed by atoms with E-state index in [0.29, 0.717) is 34.9 Å². The number of nitrogens with zero attached hydrogens (tertiary/aromatic N) is 6. The zero-order chi connectivity index (χ0) is 80.7. The summed E-state index contributed by atoms with van der Waals surface area (Å²) < 4.78 is 5.31. The Hall–Kier alpha value is -15.1. The summed E-state index contributed by atoms with van der Waals surface area (Å²) in [6.45, 7) is 4.62. The molecular formula is C114H72N6S2. The van der Waals surface area contributed by atoms with E-state index in [1.165, 1.54) is 156 Å². The first-order valence-electron chi connectivity index (χ1n) is 41.6. The van der Waals surface area contributed by atoms with Gasteiger partial charge in [-0.3, -0.25) is 0 Å². The summed E-state index contributed by atoms with van der Waals surface area (Å²) in [5.74, 6) is 3.89. The fourth-order valence-corrected chi connectivity index (χ4v) is 22.0. The van der Waals surface area contributed by atoms with Crippen LogP contribution in [0.5, 0.6) is 0 Å². The summed E-state index contributed by atoms with van der Waals surface area (Å²) in [7, 11) is 0. The molecule has 25 rings (SSSR count). The SMILES string of the molecule is CC1(C)c2ccccc2-c2ccc(-c3nc(-c4ccccc4)nc(-c4ccc(-c5ccc6c(ccc7ccc8sc9ccccc9c8c76)c5)c5ccccc45)n3)cc21.c1ccc(-c2nc(-c3ccc(-c4ccc5c(ccc6ccc7sc8ccccc8c7c65)c4)cc3)nc(-c3ccc(C4(c5ccccc5)c5ccccc5-c5ccccc54)cc3)n2)cc1. The Morgan fingerprint density at radius 3 is 1.09 bits per heavy atom. The van der Waals surface area contributed by atoms with E-state index in [1.807, 2.05) is 59.1 Å². The molecule has 4 heterocycles. The molecule has 0 N–H and O–H groups in total. The minimum Gasteiger partial charge on any atom is -0.208 e. The summed E-state index contributed by atoms with van der Waals surface area (Å²) in [4.78, 5) is 30.9. The predicted molar refractivity (Wildman–Crippen MR) is 511 cm³/mol. The third-order valence-corrected chi connectivity index (χ3v) is 27.8. The molecule has 0 atom stereocenters. The van der Waals surface area contributed by atoms with Gasteiger partial charge in [0.25, 0.3) is 0 Å². The molecule has 0 amide bonds. The minimum absolute atomic E-state index is 0.132. The van der Waals surface area contributed by atoms with Crippen molar-refractivity contribution in [1.82, 2.24) is 29.9 Å². The van der Waals surface area contributed by atoms with Crippen LogP contribution < -0.4 is 0 Å². The Bertz CT molecular complexity index is 8170. The van der Waals surface area contributed by atoms with Crippen molar-refractivity contribution in [2.24, 2.45) is 0 Å². The molecule has 0 saturated heterocycles. The van der Waals surface area contributed by atoms with Crippen LogP contribution in [0.15, 0.2) is 400 Å². The van der Waals surface area contributed by atoms with Crippen molar-refractivity contribution in [2.45, 2.75) is 24.7 Å². The molecule has 0 fully saturated rings. The second-order valence-corrected chi connectivity index (χ2v) is 34.8. The maximum absolute atomic E-state index is 5.26. The number of hydrogen-bond acceptors (Lipinski definition) is 8. The van der Waals surface area contributed by atoms with Gasteiger partial charge in [0.15, 0.2) is 34.9 Å². The van der Waals surface area contributed by atoms with Crippen LogP contribution in [0.3, 0.4) is 0 Å². The van der Waals surface area contributed by atoms with Gasteiger partial charge in [0.2, 0.25) is 0 Å². The molecule has 2 aliphatic rings. The Labute approximate surface area is 712 Å². The van der Waals surface area contributed by atoms with E-state index < -0.39 is 5.41 Å². The van der Waals surface area contributed by atoms with Gasteiger partial charge in [-0.1, -0.05) is 366 Å². The van der Waals surface area contributed by atoms with Crippen LogP contribution in [-0.2, 0) is 10.8 Å². The Kier molecular flexibility index (Phi) is 16.5. The minimum atomic E-state index is -0.474. The molecular weight excluding hydrogens is 1520 g/mol. The van der Waals surface area contributed by atoms with Gasteiger partial charge in [0.05, 0.1) is 5.41 Å². The third kappa shape index (κ3) is 11.4. The summed E-state index contributed by atoms with van der Waals surface area (Å²) >= 11 is 3.74. The Balaban J connectivity index is 0.000000139. The highest BCUT2D eigenvalue weighted by Crippen LogP contribution is 2.57. The number of fused-ring (bicyclic) bond motifs is 21. The second-order valence-electron chi connectivity index (χ2n) is 32.6. The first-order chi connectivity index (χ1) is 60.2.